The number of aromatic hydroxyl groups is 1. The SMILES string of the molecule is CCN=C1S/C(=C\c2ccc(O)c(Cl)c2)C(=O)N1c1ccccc1. The molecule has 4 nitrogen and oxygen atoms in total. The second-order valence-corrected chi connectivity index (χ2v) is 6.47. The average Bonchev–Trinajstić information content (AvgIpc) is 2.88. The van der Waals surface area contributed by atoms with Crippen molar-refractivity contribution in [2.45, 2.75) is 6.92 Å². The highest BCUT2D eigenvalue weighted by molar-refractivity contribution is 8.19. The Kier molecular flexibility index (Phi) is 4.92. The first-order chi connectivity index (χ1) is 11.6. The van der Waals surface area contributed by atoms with Crippen molar-refractivity contribution in [3.8, 4) is 5.75 Å². The first-order valence-corrected chi connectivity index (χ1v) is 8.61. The third kappa shape index (κ3) is 3.32. The first kappa shape index (κ1) is 16.6. The van der Waals surface area contributed by atoms with Crippen LogP contribution in [0.25, 0.3) is 6.08 Å². The van der Waals surface area contributed by atoms with E-state index in [2.05, 4.69) is 4.99 Å². The number of para-hydroxylation sites is 1. The summed E-state index contributed by atoms with van der Waals surface area (Å²) in [7, 11) is 0. The number of carbonyl (C=O) groups excluding carboxylic acids is 1. The smallest absolute Gasteiger partial charge is 0.271 e. The monoisotopic (exact) mass is 358 g/mol. The molecule has 0 bridgehead atoms. The zero-order valence-corrected chi connectivity index (χ0v) is 14.5. The Morgan fingerprint density at radius 2 is 2.00 bits per heavy atom. The number of phenolic OH excluding ortho intramolecular Hbond substituents is 1. The van der Waals surface area contributed by atoms with E-state index < -0.39 is 0 Å². The molecule has 3 rings (SSSR count). The summed E-state index contributed by atoms with van der Waals surface area (Å²) in [5.41, 5.74) is 1.54. The lowest BCUT2D eigenvalue weighted by molar-refractivity contribution is -0.113. The highest BCUT2D eigenvalue weighted by Crippen LogP contribution is 2.36. The fraction of sp³-hybridized carbons (Fsp3) is 0.111. The summed E-state index contributed by atoms with van der Waals surface area (Å²) in [6, 6.07) is 14.3. The summed E-state index contributed by atoms with van der Waals surface area (Å²) in [6.45, 7) is 2.53. The molecule has 1 heterocycles. The lowest BCUT2D eigenvalue weighted by atomic mass is 10.2. The number of benzene rings is 2. The van der Waals surface area contributed by atoms with Gasteiger partial charge in [-0.3, -0.25) is 14.7 Å². The van der Waals surface area contributed by atoms with E-state index >= 15 is 0 Å². The molecule has 122 valence electrons. The lowest BCUT2D eigenvalue weighted by Gasteiger charge is -2.15. The van der Waals surface area contributed by atoms with E-state index in [1.165, 1.54) is 17.8 Å². The number of hydrogen-bond acceptors (Lipinski definition) is 4. The van der Waals surface area contributed by atoms with E-state index in [0.717, 1.165) is 11.3 Å². The van der Waals surface area contributed by atoms with Crippen LogP contribution in [-0.2, 0) is 4.79 Å². The van der Waals surface area contributed by atoms with Gasteiger partial charge in [-0.2, -0.15) is 0 Å². The minimum absolute atomic E-state index is 0.0170. The lowest BCUT2D eigenvalue weighted by Crippen LogP contribution is -2.28. The highest BCUT2D eigenvalue weighted by Gasteiger charge is 2.34. The number of rotatable bonds is 3. The van der Waals surface area contributed by atoms with Crippen LogP contribution >= 0.6 is 23.4 Å². The fourth-order valence-corrected chi connectivity index (χ4v) is 3.52. The van der Waals surface area contributed by atoms with Crippen molar-refractivity contribution in [1.29, 1.82) is 0 Å². The van der Waals surface area contributed by atoms with E-state index in [-0.39, 0.29) is 16.7 Å². The van der Waals surface area contributed by atoms with E-state index in [1.54, 1.807) is 23.1 Å². The van der Waals surface area contributed by atoms with Crippen LogP contribution in [0.1, 0.15) is 12.5 Å². The molecule has 6 heteroatoms. The standard InChI is InChI=1S/C18H15ClN2O2S/c1-2-20-18-21(13-6-4-3-5-7-13)17(23)16(24-18)11-12-8-9-15(22)14(19)10-12/h3-11,22H,2H2,1H3/b16-11-,20-18?. The molecule has 0 aliphatic carbocycles. The molecule has 0 atom stereocenters. The van der Waals surface area contributed by atoms with E-state index in [4.69, 9.17) is 11.6 Å². The molecular formula is C18H15ClN2O2S. The molecule has 0 aromatic heterocycles. The molecule has 2 aromatic carbocycles. The van der Waals surface area contributed by atoms with E-state index in [1.807, 2.05) is 37.3 Å². The summed E-state index contributed by atoms with van der Waals surface area (Å²) in [5.74, 6) is -0.106. The highest BCUT2D eigenvalue weighted by atomic mass is 35.5. The molecule has 1 amide bonds. The molecule has 1 fully saturated rings. The van der Waals surface area contributed by atoms with Crippen molar-refractivity contribution in [3.63, 3.8) is 0 Å². The van der Waals surface area contributed by atoms with Gasteiger partial charge in [0.05, 0.1) is 15.6 Å². The number of hydrogen-bond donors (Lipinski definition) is 1. The molecule has 0 radical (unpaired) electrons. The molecule has 0 unspecified atom stereocenters. The summed E-state index contributed by atoms with van der Waals surface area (Å²) < 4.78 is 0. The zero-order chi connectivity index (χ0) is 17.1. The van der Waals surface area contributed by atoms with Crippen molar-refractivity contribution in [1.82, 2.24) is 0 Å². The molecule has 1 saturated heterocycles. The number of amides is 1. The predicted molar refractivity (Wildman–Crippen MR) is 101 cm³/mol. The fourth-order valence-electron chi connectivity index (χ4n) is 2.28. The Bertz CT molecular complexity index is 834. The number of nitrogens with zero attached hydrogens (tertiary/aromatic N) is 2. The van der Waals surface area contributed by atoms with Gasteiger partial charge in [0.25, 0.3) is 5.91 Å². The van der Waals surface area contributed by atoms with Crippen LogP contribution in [0.2, 0.25) is 5.02 Å². The molecular weight excluding hydrogens is 344 g/mol. The second-order valence-electron chi connectivity index (χ2n) is 5.05. The third-order valence-electron chi connectivity index (χ3n) is 3.38. The van der Waals surface area contributed by atoms with Crippen LogP contribution in [0, 0.1) is 0 Å². The van der Waals surface area contributed by atoms with Gasteiger partial charge in [0.15, 0.2) is 5.17 Å². The maximum Gasteiger partial charge on any atom is 0.271 e. The summed E-state index contributed by atoms with van der Waals surface area (Å²) in [5, 5.41) is 10.4. The van der Waals surface area contributed by atoms with Gasteiger partial charge in [-0.1, -0.05) is 35.9 Å². The van der Waals surface area contributed by atoms with Gasteiger partial charge in [-0.15, -0.1) is 0 Å². The van der Waals surface area contributed by atoms with Crippen LogP contribution in [0.5, 0.6) is 5.75 Å². The quantitative estimate of drug-likeness (QED) is 0.819. The zero-order valence-electron chi connectivity index (χ0n) is 12.9. The number of halogens is 1. The molecule has 24 heavy (non-hydrogen) atoms. The van der Waals surface area contributed by atoms with Crippen LogP contribution in [0.3, 0.4) is 0 Å². The summed E-state index contributed by atoms with van der Waals surface area (Å²) >= 11 is 7.27. The minimum atomic E-state index is -0.123. The topological polar surface area (TPSA) is 52.9 Å². The maximum absolute atomic E-state index is 12.8. The van der Waals surface area contributed by atoms with Crippen molar-refractivity contribution in [2.24, 2.45) is 4.99 Å². The van der Waals surface area contributed by atoms with Crippen LogP contribution in [0.4, 0.5) is 5.69 Å². The molecule has 1 aliphatic rings. The number of carbonyl (C=O) groups is 1. The van der Waals surface area contributed by atoms with Crippen LogP contribution < -0.4 is 4.90 Å². The van der Waals surface area contributed by atoms with Gasteiger partial charge in [0, 0.05) is 6.54 Å². The Morgan fingerprint density at radius 3 is 2.67 bits per heavy atom. The second kappa shape index (κ2) is 7.11. The molecule has 0 spiro atoms. The van der Waals surface area contributed by atoms with E-state index in [0.29, 0.717) is 16.6 Å². The van der Waals surface area contributed by atoms with Crippen molar-refractivity contribution in [2.75, 3.05) is 11.4 Å². The maximum atomic E-state index is 12.8. The van der Waals surface area contributed by atoms with Crippen molar-refractivity contribution in [3.05, 3.63) is 64.0 Å². The largest absolute Gasteiger partial charge is 0.506 e. The van der Waals surface area contributed by atoms with Crippen molar-refractivity contribution < 1.29 is 9.90 Å². The number of phenols is 1. The van der Waals surface area contributed by atoms with Gasteiger partial charge in [-0.25, -0.2) is 0 Å². The van der Waals surface area contributed by atoms with Gasteiger partial charge in [0.1, 0.15) is 5.75 Å². The average molecular weight is 359 g/mol. The Labute approximate surface area is 149 Å². The molecule has 1 N–H and O–H groups in total. The normalized spacial score (nSPS) is 17.9. The molecule has 0 saturated carbocycles. The van der Waals surface area contributed by atoms with E-state index in [9.17, 15) is 9.90 Å². The Morgan fingerprint density at radius 1 is 1.25 bits per heavy atom. The van der Waals surface area contributed by atoms with Gasteiger partial charge >= 0.3 is 0 Å². The summed E-state index contributed by atoms with van der Waals surface area (Å²) in [4.78, 5) is 19.4. The van der Waals surface area contributed by atoms with Gasteiger partial charge in [0.2, 0.25) is 0 Å². The van der Waals surface area contributed by atoms with Crippen LogP contribution in [0.15, 0.2) is 58.4 Å². The Balaban J connectivity index is 1.99. The Hall–Kier alpha value is -2.24. The third-order valence-corrected chi connectivity index (χ3v) is 4.69. The van der Waals surface area contributed by atoms with Gasteiger partial charge in [-0.05, 0) is 54.6 Å². The number of anilines is 1. The van der Waals surface area contributed by atoms with Gasteiger partial charge < -0.3 is 5.11 Å². The number of aliphatic imine (C=N–C) groups is 1. The molecule has 2 aromatic rings. The summed E-state index contributed by atoms with van der Waals surface area (Å²) in [6.07, 6.45) is 1.76. The van der Waals surface area contributed by atoms with Crippen LogP contribution in [-0.4, -0.2) is 22.7 Å². The predicted octanol–water partition coefficient (Wildman–Crippen LogP) is 4.54. The minimum Gasteiger partial charge on any atom is -0.506 e. The number of thioether (sulfide) groups is 1. The number of amidine groups is 1. The first-order valence-electron chi connectivity index (χ1n) is 7.42. The molecule has 1 aliphatic heterocycles. The van der Waals surface area contributed by atoms with Crippen molar-refractivity contribution >= 4 is 46.2 Å².